The molecule has 2 nitrogen and oxygen atoms in total. The Morgan fingerprint density at radius 1 is 1.26 bits per heavy atom. The smallest absolute Gasteiger partial charge is 0.0954 e. The Morgan fingerprint density at radius 2 is 2.05 bits per heavy atom. The molecule has 1 atom stereocenters. The number of nitrogens with zero attached hydrogens (tertiary/aromatic N) is 1. The first-order chi connectivity index (χ1) is 9.22. The molecule has 1 aromatic rings. The van der Waals surface area contributed by atoms with Gasteiger partial charge in [0, 0.05) is 17.9 Å². The van der Waals surface area contributed by atoms with Gasteiger partial charge in [-0.25, -0.2) is 0 Å². The lowest BCUT2D eigenvalue weighted by atomic mass is 9.85. The summed E-state index contributed by atoms with van der Waals surface area (Å²) in [5.74, 6) is 0.869. The number of rotatable bonds is 4. The van der Waals surface area contributed by atoms with Gasteiger partial charge in [-0.3, -0.25) is 0 Å². The molecule has 0 N–H and O–H groups in total. The summed E-state index contributed by atoms with van der Waals surface area (Å²) < 4.78 is 5.98. The van der Waals surface area contributed by atoms with Crippen LogP contribution in [-0.2, 0) is 11.2 Å². The number of fused-ring (bicyclic) bond motifs is 1. The van der Waals surface area contributed by atoms with E-state index in [1.54, 1.807) is 0 Å². The molecule has 1 fully saturated rings. The van der Waals surface area contributed by atoms with E-state index in [1.165, 1.54) is 30.5 Å². The molecular weight excluding hydrogens is 302 g/mol. The highest BCUT2D eigenvalue weighted by Crippen LogP contribution is 2.34. The molecule has 104 valence electrons. The van der Waals surface area contributed by atoms with Crippen LogP contribution in [0.5, 0.6) is 0 Å². The minimum atomic E-state index is 0.259. The van der Waals surface area contributed by atoms with Crippen molar-refractivity contribution in [2.45, 2.75) is 30.2 Å². The summed E-state index contributed by atoms with van der Waals surface area (Å²) in [6, 6.07) is 8.73. The third-order valence-corrected chi connectivity index (χ3v) is 5.07. The van der Waals surface area contributed by atoms with Crippen LogP contribution >= 0.6 is 15.9 Å². The summed E-state index contributed by atoms with van der Waals surface area (Å²) in [4.78, 5) is 3.20. The Kier molecular flexibility index (Phi) is 4.25. The number of likely N-dealkylation sites (N-methyl/N-ethyl adjacent to an activating group) is 1. The number of hydrogen-bond acceptors (Lipinski definition) is 2. The molecule has 1 aliphatic heterocycles. The van der Waals surface area contributed by atoms with Crippen LogP contribution in [-0.4, -0.2) is 36.5 Å². The highest BCUT2D eigenvalue weighted by atomic mass is 79.9. The third kappa shape index (κ3) is 3.21. The normalized spacial score (nSPS) is 29.9. The Morgan fingerprint density at radius 3 is 2.84 bits per heavy atom. The quantitative estimate of drug-likeness (QED) is 0.787. The van der Waals surface area contributed by atoms with E-state index in [4.69, 9.17) is 4.74 Å². The zero-order valence-corrected chi connectivity index (χ0v) is 13.1. The monoisotopic (exact) mass is 323 g/mol. The van der Waals surface area contributed by atoms with Crippen LogP contribution < -0.4 is 0 Å². The van der Waals surface area contributed by atoms with Gasteiger partial charge in [-0.15, -0.1) is 0 Å². The molecule has 1 unspecified atom stereocenters. The molecule has 3 heteroatoms. The molecule has 1 heterocycles. The fourth-order valence-corrected chi connectivity index (χ4v) is 4.29. The van der Waals surface area contributed by atoms with Crippen molar-refractivity contribution in [1.82, 2.24) is 4.90 Å². The Hall–Kier alpha value is -0.380. The zero-order chi connectivity index (χ0) is 13.2. The first-order valence-corrected chi connectivity index (χ1v) is 8.16. The van der Waals surface area contributed by atoms with Crippen molar-refractivity contribution in [3.05, 3.63) is 35.4 Å². The SMILES string of the molecule is CN(CC1CC(Br)C1)CC1OCCc2ccccc21. The van der Waals surface area contributed by atoms with Gasteiger partial charge in [-0.2, -0.15) is 0 Å². The van der Waals surface area contributed by atoms with Crippen molar-refractivity contribution in [2.75, 3.05) is 26.7 Å². The largest absolute Gasteiger partial charge is 0.372 e. The number of ether oxygens (including phenoxy) is 1. The lowest BCUT2D eigenvalue weighted by molar-refractivity contribution is 0.0163. The van der Waals surface area contributed by atoms with Crippen molar-refractivity contribution in [1.29, 1.82) is 0 Å². The molecule has 0 aromatic heterocycles. The summed E-state index contributed by atoms with van der Waals surface area (Å²) in [5.41, 5.74) is 2.86. The molecule has 0 bridgehead atoms. The fraction of sp³-hybridized carbons (Fsp3) is 0.625. The van der Waals surface area contributed by atoms with Gasteiger partial charge in [0.05, 0.1) is 12.7 Å². The van der Waals surface area contributed by atoms with Gasteiger partial charge in [0.1, 0.15) is 0 Å². The average molecular weight is 324 g/mol. The van der Waals surface area contributed by atoms with E-state index >= 15 is 0 Å². The van der Waals surface area contributed by atoms with Crippen molar-refractivity contribution in [3.63, 3.8) is 0 Å². The van der Waals surface area contributed by atoms with E-state index in [1.807, 2.05) is 0 Å². The maximum atomic E-state index is 5.98. The van der Waals surface area contributed by atoms with E-state index in [2.05, 4.69) is 52.1 Å². The minimum absolute atomic E-state index is 0.259. The van der Waals surface area contributed by atoms with Crippen LogP contribution in [0, 0.1) is 5.92 Å². The molecule has 3 rings (SSSR count). The van der Waals surface area contributed by atoms with E-state index in [-0.39, 0.29) is 6.10 Å². The molecule has 1 aromatic carbocycles. The number of halogens is 1. The van der Waals surface area contributed by atoms with Gasteiger partial charge in [0.25, 0.3) is 0 Å². The van der Waals surface area contributed by atoms with E-state index in [0.717, 1.165) is 30.3 Å². The zero-order valence-electron chi connectivity index (χ0n) is 11.5. The Balaban J connectivity index is 1.58. The summed E-state index contributed by atoms with van der Waals surface area (Å²) in [5, 5.41) is 0. The number of alkyl halides is 1. The van der Waals surface area contributed by atoms with Gasteiger partial charge in [-0.1, -0.05) is 40.2 Å². The Bertz CT molecular complexity index is 431. The standard InChI is InChI=1S/C16H22BrNO/c1-18(10-12-8-14(17)9-12)11-16-15-5-3-2-4-13(15)6-7-19-16/h2-5,12,14,16H,6-11H2,1H3. The lowest BCUT2D eigenvalue weighted by Gasteiger charge is -2.36. The Labute approximate surface area is 124 Å². The van der Waals surface area contributed by atoms with Crippen LogP contribution in [0.2, 0.25) is 0 Å². The van der Waals surface area contributed by atoms with Gasteiger partial charge in [-0.05, 0) is 43.4 Å². The highest BCUT2D eigenvalue weighted by molar-refractivity contribution is 9.09. The maximum Gasteiger partial charge on any atom is 0.0954 e. The van der Waals surface area contributed by atoms with Gasteiger partial charge in [0.2, 0.25) is 0 Å². The fourth-order valence-electron chi connectivity index (χ4n) is 3.23. The predicted octanol–water partition coefficient (Wildman–Crippen LogP) is 3.41. The van der Waals surface area contributed by atoms with E-state index in [9.17, 15) is 0 Å². The summed E-state index contributed by atoms with van der Waals surface area (Å²) in [6.07, 6.45) is 3.97. The second kappa shape index (κ2) is 5.94. The van der Waals surface area contributed by atoms with Gasteiger partial charge >= 0.3 is 0 Å². The van der Waals surface area contributed by atoms with Crippen LogP contribution in [0.1, 0.15) is 30.1 Å². The molecular formula is C16H22BrNO. The molecule has 19 heavy (non-hydrogen) atoms. The van der Waals surface area contributed by atoms with Gasteiger partial charge < -0.3 is 9.64 Å². The molecule has 0 radical (unpaired) electrons. The van der Waals surface area contributed by atoms with Crippen LogP contribution in [0.25, 0.3) is 0 Å². The first kappa shape index (κ1) is 13.6. The van der Waals surface area contributed by atoms with Gasteiger partial charge in [0.15, 0.2) is 0 Å². The van der Waals surface area contributed by atoms with Crippen LogP contribution in [0.3, 0.4) is 0 Å². The van der Waals surface area contributed by atoms with Crippen molar-refractivity contribution >= 4 is 15.9 Å². The lowest BCUT2D eigenvalue weighted by Crippen LogP contribution is -2.37. The maximum absolute atomic E-state index is 5.98. The molecule has 1 aliphatic carbocycles. The first-order valence-electron chi connectivity index (χ1n) is 7.24. The minimum Gasteiger partial charge on any atom is -0.372 e. The predicted molar refractivity (Wildman–Crippen MR) is 81.8 cm³/mol. The second-order valence-electron chi connectivity index (χ2n) is 5.96. The van der Waals surface area contributed by atoms with Crippen LogP contribution in [0.15, 0.2) is 24.3 Å². The third-order valence-electron chi connectivity index (χ3n) is 4.32. The van der Waals surface area contributed by atoms with E-state index < -0.39 is 0 Å². The van der Waals surface area contributed by atoms with Crippen molar-refractivity contribution in [2.24, 2.45) is 5.92 Å². The summed E-state index contributed by atoms with van der Waals surface area (Å²) in [7, 11) is 2.22. The number of hydrogen-bond donors (Lipinski definition) is 0. The highest BCUT2D eigenvalue weighted by Gasteiger charge is 2.29. The molecule has 1 saturated carbocycles. The van der Waals surface area contributed by atoms with Crippen molar-refractivity contribution < 1.29 is 4.74 Å². The molecule has 2 aliphatic rings. The molecule has 0 amide bonds. The molecule has 0 saturated heterocycles. The summed E-state index contributed by atoms with van der Waals surface area (Å²) in [6.45, 7) is 3.08. The average Bonchev–Trinajstić information content (AvgIpc) is 2.37. The topological polar surface area (TPSA) is 12.5 Å². The van der Waals surface area contributed by atoms with E-state index in [0.29, 0.717) is 0 Å². The van der Waals surface area contributed by atoms with Crippen molar-refractivity contribution in [3.8, 4) is 0 Å². The number of benzene rings is 1. The van der Waals surface area contributed by atoms with Crippen LogP contribution in [0.4, 0.5) is 0 Å². The summed E-state index contributed by atoms with van der Waals surface area (Å²) >= 11 is 3.67. The second-order valence-corrected chi connectivity index (χ2v) is 7.26. The molecule has 0 spiro atoms.